The zero-order valence-electron chi connectivity index (χ0n) is 13.7. The van der Waals surface area contributed by atoms with E-state index in [9.17, 15) is 13.2 Å². The summed E-state index contributed by atoms with van der Waals surface area (Å²) in [6, 6.07) is -0.00454. The topological polar surface area (TPSA) is 97.6 Å². The van der Waals surface area contributed by atoms with Crippen LogP contribution in [0, 0.1) is 0 Å². The molecule has 1 atom stereocenters. The van der Waals surface area contributed by atoms with Crippen LogP contribution in [-0.2, 0) is 32.6 Å². The molecular weight excluding hydrogens is 322 g/mol. The Morgan fingerprint density at radius 3 is 2.83 bits per heavy atom. The molecule has 1 unspecified atom stereocenters. The van der Waals surface area contributed by atoms with Crippen molar-refractivity contribution in [1.82, 2.24) is 24.2 Å². The number of ether oxygens (including phenoxy) is 1. The highest BCUT2D eigenvalue weighted by Crippen LogP contribution is 2.19. The highest BCUT2D eigenvalue weighted by Gasteiger charge is 2.37. The van der Waals surface area contributed by atoms with Crippen molar-refractivity contribution in [2.75, 3.05) is 33.5 Å². The molecule has 9 nitrogen and oxygen atoms in total. The minimum Gasteiger partial charge on any atom is -0.469 e. The van der Waals surface area contributed by atoms with Crippen molar-refractivity contribution in [2.45, 2.75) is 32.0 Å². The normalized spacial score (nSPS) is 21.0. The Balaban J connectivity index is 1.90. The van der Waals surface area contributed by atoms with E-state index in [1.54, 1.807) is 10.9 Å². The highest BCUT2D eigenvalue weighted by molar-refractivity contribution is 7.89. The number of esters is 1. The summed E-state index contributed by atoms with van der Waals surface area (Å²) >= 11 is 0. The molecule has 0 amide bonds. The molecule has 0 saturated carbocycles. The van der Waals surface area contributed by atoms with Crippen LogP contribution < -0.4 is 0 Å². The van der Waals surface area contributed by atoms with Gasteiger partial charge in [0.2, 0.25) is 10.0 Å². The predicted octanol–water partition coefficient (Wildman–Crippen LogP) is -0.693. The van der Waals surface area contributed by atoms with Crippen LogP contribution in [0.5, 0.6) is 0 Å². The number of likely N-dealkylation sites (N-methyl/N-ethyl adjacent to an activating group) is 1. The van der Waals surface area contributed by atoms with Gasteiger partial charge in [0.15, 0.2) is 0 Å². The van der Waals surface area contributed by atoms with Gasteiger partial charge < -0.3 is 9.64 Å². The molecule has 1 saturated heterocycles. The summed E-state index contributed by atoms with van der Waals surface area (Å²) in [6.07, 6.45) is 2.63. The molecule has 1 aliphatic rings. The average molecular weight is 345 g/mol. The molecule has 1 aromatic heterocycles. The third kappa shape index (κ3) is 4.72. The monoisotopic (exact) mass is 345 g/mol. The molecule has 10 heteroatoms. The van der Waals surface area contributed by atoms with E-state index in [2.05, 4.69) is 15.0 Å². The fraction of sp³-hybridized carbons (Fsp3) is 0.769. The van der Waals surface area contributed by atoms with Gasteiger partial charge in [-0.3, -0.25) is 9.48 Å². The van der Waals surface area contributed by atoms with E-state index < -0.39 is 10.0 Å². The number of methoxy groups -OCH3 is 1. The second-order valence-corrected chi connectivity index (χ2v) is 7.85. The smallest absolute Gasteiger partial charge is 0.305 e. The number of hydrogen-bond acceptors (Lipinski definition) is 7. The lowest BCUT2D eigenvalue weighted by Crippen LogP contribution is -2.32. The van der Waals surface area contributed by atoms with Crippen molar-refractivity contribution in [1.29, 1.82) is 0 Å². The molecule has 23 heavy (non-hydrogen) atoms. The molecule has 2 rings (SSSR count). The standard InChI is InChI=1S/C13H23N5O4S/c1-16(2)12-9-18(23(20,21)10-12)8-11-7-17(15-14-11)6-4-5-13(19)22-3/h7,12H,4-6,8-10H2,1-3H3. The summed E-state index contributed by atoms with van der Waals surface area (Å²) in [5.74, 6) is -0.129. The van der Waals surface area contributed by atoms with Gasteiger partial charge in [-0.25, -0.2) is 8.42 Å². The first kappa shape index (κ1) is 17.8. The van der Waals surface area contributed by atoms with Crippen molar-refractivity contribution in [3.05, 3.63) is 11.9 Å². The summed E-state index contributed by atoms with van der Waals surface area (Å²) in [5.41, 5.74) is 0.603. The number of carbonyl (C=O) groups is 1. The second-order valence-electron chi connectivity index (χ2n) is 5.84. The van der Waals surface area contributed by atoms with Crippen molar-refractivity contribution < 1.29 is 17.9 Å². The van der Waals surface area contributed by atoms with Gasteiger partial charge in [0.25, 0.3) is 0 Å². The fourth-order valence-corrected chi connectivity index (χ4v) is 4.24. The second kappa shape index (κ2) is 7.37. The van der Waals surface area contributed by atoms with E-state index in [1.165, 1.54) is 11.4 Å². The Labute approximate surface area is 136 Å². The van der Waals surface area contributed by atoms with Gasteiger partial charge in [-0.15, -0.1) is 5.10 Å². The van der Waals surface area contributed by atoms with Crippen LogP contribution >= 0.6 is 0 Å². The molecule has 0 radical (unpaired) electrons. The van der Waals surface area contributed by atoms with Gasteiger partial charge >= 0.3 is 5.97 Å². The summed E-state index contributed by atoms with van der Waals surface area (Å²) in [7, 11) is 1.86. The third-order valence-electron chi connectivity index (χ3n) is 3.86. The van der Waals surface area contributed by atoms with E-state index in [1.807, 2.05) is 19.0 Å². The fourth-order valence-electron chi connectivity index (χ4n) is 2.41. The number of carbonyl (C=O) groups excluding carboxylic acids is 1. The summed E-state index contributed by atoms with van der Waals surface area (Å²) in [5, 5.41) is 7.98. The number of nitrogens with zero attached hydrogens (tertiary/aromatic N) is 5. The maximum Gasteiger partial charge on any atom is 0.305 e. The third-order valence-corrected chi connectivity index (χ3v) is 5.73. The predicted molar refractivity (Wildman–Crippen MR) is 82.9 cm³/mol. The van der Waals surface area contributed by atoms with Crippen LogP contribution in [0.4, 0.5) is 0 Å². The SMILES string of the molecule is COC(=O)CCCn1cc(CN2CC(N(C)C)CS2(=O)=O)nn1. The van der Waals surface area contributed by atoms with Crippen LogP contribution in [0.3, 0.4) is 0 Å². The lowest BCUT2D eigenvalue weighted by Gasteiger charge is -2.17. The molecule has 1 aliphatic heterocycles. The average Bonchev–Trinajstić information content (AvgIpc) is 3.04. The maximum absolute atomic E-state index is 12.2. The number of aromatic nitrogens is 3. The van der Waals surface area contributed by atoms with E-state index in [4.69, 9.17) is 0 Å². The zero-order chi connectivity index (χ0) is 17.0. The first-order valence-corrected chi connectivity index (χ1v) is 9.03. The molecule has 1 aromatic rings. The van der Waals surface area contributed by atoms with Gasteiger partial charge in [-0.05, 0) is 20.5 Å². The molecule has 130 valence electrons. The van der Waals surface area contributed by atoms with Crippen LogP contribution in [0.15, 0.2) is 6.20 Å². The van der Waals surface area contributed by atoms with Crippen LogP contribution in [-0.4, -0.2) is 78.1 Å². The quantitative estimate of drug-likeness (QED) is 0.603. The summed E-state index contributed by atoms with van der Waals surface area (Å²) < 4.78 is 32.0. The van der Waals surface area contributed by atoms with E-state index >= 15 is 0 Å². The summed E-state index contributed by atoms with van der Waals surface area (Å²) in [4.78, 5) is 13.0. The molecule has 0 bridgehead atoms. The van der Waals surface area contributed by atoms with Gasteiger partial charge in [-0.1, -0.05) is 5.21 Å². The van der Waals surface area contributed by atoms with Gasteiger partial charge in [0.05, 0.1) is 25.1 Å². The molecule has 0 N–H and O–H groups in total. The van der Waals surface area contributed by atoms with E-state index in [0.717, 1.165) is 0 Å². The zero-order valence-corrected chi connectivity index (χ0v) is 14.5. The van der Waals surface area contributed by atoms with Crippen LogP contribution in [0.2, 0.25) is 0 Å². The first-order chi connectivity index (χ1) is 10.8. The Morgan fingerprint density at radius 2 is 2.22 bits per heavy atom. The Morgan fingerprint density at radius 1 is 1.48 bits per heavy atom. The molecular formula is C13H23N5O4S. The molecule has 1 fully saturated rings. The van der Waals surface area contributed by atoms with Gasteiger partial charge in [0, 0.05) is 31.7 Å². The Bertz CT molecular complexity index is 643. The number of hydrogen-bond donors (Lipinski definition) is 0. The van der Waals surface area contributed by atoms with Crippen molar-refractivity contribution >= 4 is 16.0 Å². The maximum atomic E-state index is 12.2. The molecule has 0 spiro atoms. The lowest BCUT2D eigenvalue weighted by atomic mass is 10.3. The van der Waals surface area contributed by atoms with Crippen molar-refractivity contribution in [3.63, 3.8) is 0 Å². The van der Waals surface area contributed by atoms with Crippen LogP contribution in [0.25, 0.3) is 0 Å². The molecule has 0 aromatic carbocycles. The molecule has 0 aliphatic carbocycles. The number of aryl methyl sites for hydroxylation is 1. The minimum absolute atomic E-state index is 0.00454. The molecule has 2 heterocycles. The van der Waals surface area contributed by atoms with E-state index in [-0.39, 0.29) is 24.3 Å². The number of sulfonamides is 1. The highest BCUT2D eigenvalue weighted by atomic mass is 32.2. The van der Waals surface area contributed by atoms with Crippen LogP contribution in [0.1, 0.15) is 18.5 Å². The van der Waals surface area contributed by atoms with Crippen molar-refractivity contribution in [3.8, 4) is 0 Å². The van der Waals surface area contributed by atoms with Gasteiger partial charge in [0.1, 0.15) is 0 Å². The summed E-state index contributed by atoms with van der Waals surface area (Å²) in [6.45, 7) is 1.23. The van der Waals surface area contributed by atoms with Crippen molar-refractivity contribution in [2.24, 2.45) is 0 Å². The van der Waals surface area contributed by atoms with Gasteiger partial charge in [-0.2, -0.15) is 4.31 Å². The lowest BCUT2D eigenvalue weighted by molar-refractivity contribution is -0.140. The number of rotatable bonds is 7. The minimum atomic E-state index is -3.25. The van der Waals surface area contributed by atoms with E-state index in [0.29, 0.717) is 31.6 Å². The first-order valence-electron chi connectivity index (χ1n) is 7.42. The largest absolute Gasteiger partial charge is 0.469 e. The Kier molecular flexibility index (Phi) is 5.71. The Hall–Kier alpha value is -1.52.